The summed E-state index contributed by atoms with van der Waals surface area (Å²) in [6.07, 6.45) is 1.18. The molecule has 1 aromatic carbocycles. The van der Waals surface area contributed by atoms with E-state index in [0.29, 0.717) is 48.0 Å². The third-order valence-electron chi connectivity index (χ3n) is 5.78. The number of hydrogen-bond donors (Lipinski definition) is 2. The summed E-state index contributed by atoms with van der Waals surface area (Å²) in [5, 5.41) is 20.3. The maximum Gasteiger partial charge on any atom is 0.242 e. The zero-order valence-corrected chi connectivity index (χ0v) is 15.6. The molecule has 0 radical (unpaired) electrons. The first-order chi connectivity index (χ1) is 12.3. The van der Waals surface area contributed by atoms with Crippen molar-refractivity contribution in [3.63, 3.8) is 0 Å². The summed E-state index contributed by atoms with van der Waals surface area (Å²) < 4.78 is 0. The fourth-order valence-electron chi connectivity index (χ4n) is 4.34. The van der Waals surface area contributed by atoms with Gasteiger partial charge in [0.1, 0.15) is 5.75 Å². The quantitative estimate of drug-likeness (QED) is 0.797. The summed E-state index contributed by atoms with van der Waals surface area (Å²) in [5.41, 5.74) is 0.571. The molecule has 8 heteroatoms. The molecule has 1 aliphatic carbocycles. The van der Waals surface area contributed by atoms with E-state index in [0.717, 1.165) is 0 Å². The number of halogens is 2. The minimum atomic E-state index is -0.398. The Morgan fingerprint density at radius 3 is 2.58 bits per heavy atom. The average molecular weight is 399 g/mol. The van der Waals surface area contributed by atoms with Crippen LogP contribution in [-0.2, 0) is 9.59 Å². The van der Waals surface area contributed by atoms with Gasteiger partial charge in [-0.3, -0.25) is 9.59 Å². The van der Waals surface area contributed by atoms with Crippen LogP contribution in [0.15, 0.2) is 12.1 Å². The summed E-state index contributed by atoms with van der Waals surface area (Å²) in [4.78, 5) is 28.5. The largest absolute Gasteiger partial charge is 0.508 e. The molecule has 3 aliphatic rings. The fraction of sp³-hybridized carbons (Fsp3) is 0.556. The number of nitrogens with zero attached hydrogens (tertiary/aromatic N) is 2. The Balaban J connectivity index is 1.51. The van der Waals surface area contributed by atoms with Crippen LogP contribution in [0.1, 0.15) is 30.7 Å². The van der Waals surface area contributed by atoms with E-state index in [1.807, 2.05) is 0 Å². The number of phenols is 1. The van der Waals surface area contributed by atoms with E-state index >= 15 is 0 Å². The lowest BCUT2D eigenvalue weighted by Gasteiger charge is -2.40. The van der Waals surface area contributed by atoms with Gasteiger partial charge in [0.2, 0.25) is 11.8 Å². The molecule has 3 fully saturated rings. The number of benzene rings is 1. The van der Waals surface area contributed by atoms with Crippen molar-refractivity contribution in [3.05, 3.63) is 27.7 Å². The van der Waals surface area contributed by atoms with Crippen LogP contribution >= 0.6 is 23.2 Å². The average Bonchev–Trinajstić information content (AvgIpc) is 2.99. The van der Waals surface area contributed by atoms with E-state index in [1.165, 1.54) is 6.07 Å². The van der Waals surface area contributed by atoms with Gasteiger partial charge in [0, 0.05) is 30.5 Å². The molecule has 0 bridgehead atoms. The molecular formula is C18H20Cl2N2O4. The smallest absolute Gasteiger partial charge is 0.242 e. The first kappa shape index (κ1) is 17.9. The van der Waals surface area contributed by atoms with Crippen LogP contribution in [-0.4, -0.2) is 63.6 Å². The predicted octanol–water partition coefficient (Wildman–Crippen LogP) is 2.00. The second-order valence-corrected chi connectivity index (χ2v) is 8.25. The van der Waals surface area contributed by atoms with E-state index < -0.39 is 6.10 Å². The Labute approximate surface area is 161 Å². The molecule has 1 saturated carbocycles. The number of aliphatic hydroxyl groups is 1. The van der Waals surface area contributed by atoms with Crippen molar-refractivity contribution in [2.45, 2.75) is 37.3 Å². The van der Waals surface area contributed by atoms with Gasteiger partial charge in [-0.1, -0.05) is 23.2 Å². The van der Waals surface area contributed by atoms with E-state index in [4.69, 9.17) is 23.2 Å². The number of carbonyl (C=O) groups is 2. The molecule has 0 aromatic heterocycles. The number of aliphatic hydroxyl groups excluding tert-OH is 1. The summed E-state index contributed by atoms with van der Waals surface area (Å²) >= 11 is 12.4. The number of aromatic hydroxyl groups is 1. The third-order valence-corrected chi connectivity index (χ3v) is 6.60. The number of rotatable bonds is 2. The van der Waals surface area contributed by atoms with Crippen LogP contribution in [0.3, 0.4) is 0 Å². The Morgan fingerprint density at radius 2 is 1.88 bits per heavy atom. The number of carbonyl (C=O) groups excluding carboxylic acids is 2. The van der Waals surface area contributed by atoms with E-state index in [1.54, 1.807) is 15.9 Å². The lowest BCUT2D eigenvalue weighted by atomic mass is 9.81. The number of piperazine rings is 1. The summed E-state index contributed by atoms with van der Waals surface area (Å²) in [6, 6.07) is 2.97. The van der Waals surface area contributed by atoms with Crippen molar-refractivity contribution < 1.29 is 19.8 Å². The monoisotopic (exact) mass is 398 g/mol. The van der Waals surface area contributed by atoms with Crippen molar-refractivity contribution in [2.24, 2.45) is 5.92 Å². The highest BCUT2D eigenvalue weighted by atomic mass is 35.5. The minimum Gasteiger partial charge on any atom is -0.508 e. The van der Waals surface area contributed by atoms with Gasteiger partial charge in [0.25, 0.3) is 0 Å². The Hall–Kier alpha value is -1.50. The fourth-order valence-corrected chi connectivity index (χ4v) is 4.82. The summed E-state index contributed by atoms with van der Waals surface area (Å²) in [5.74, 6) is -0.346. The Morgan fingerprint density at radius 1 is 1.15 bits per heavy atom. The summed E-state index contributed by atoms with van der Waals surface area (Å²) in [6.45, 7) is 1.01. The van der Waals surface area contributed by atoms with Crippen molar-refractivity contribution in [3.8, 4) is 5.75 Å². The van der Waals surface area contributed by atoms with Crippen LogP contribution in [0, 0.1) is 5.92 Å². The van der Waals surface area contributed by atoms with Crippen LogP contribution < -0.4 is 0 Å². The zero-order chi connectivity index (χ0) is 18.6. The highest BCUT2D eigenvalue weighted by Gasteiger charge is 2.45. The van der Waals surface area contributed by atoms with E-state index in [-0.39, 0.29) is 42.0 Å². The molecule has 26 heavy (non-hydrogen) atoms. The maximum absolute atomic E-state index is 12.6. The lowest BCUT2D eigenvalue weighted by molar-refractivity contribution is -0.153. The molecule has 6 nitrogen and oxygen atoms in total. The topological polar surface area (TPSA) is 81.1 Å². The Kier molecular flexibility index (Phi) is 4.53. The van der Waals surface area contributed by atoms with Crippen LogP contribution in [0.5, 0.6) is 5.75 Å². The molecular weight excluding hydrogens is 379 g/mol. The van der Waals surface area contributed by atoms with Gasteiger partial charge in [-0.05, 0) is 31.4 Å². The molecule has 2 atom stereocenters. The molecule has 0 spiro atoms. The van der Waals surface area contributed by atoms with E-state index in [9.17, 15) is 19.8 Å². The van der Waals surface area contributed by atoms with Crippen molar-refractivity contribution >= 4 is 35.0 Å². The highest BCUT2D eigenvalue weighted by Crippen LogP contribution is 2.44. The van der Waals surface area contributed by atoms with Gasteiger partial charge in [0.05, 0.1) is 28.7 Å². The number of phenolic OH excluding ortho intramolecular Hbond substituents is 1. The maximum atomic E-state index is 12.6. The van der Waals surface area contributed by atoms with Gasteiger partial charge >= 0.3 is 0 Å². The second kappa shape index (κ2) is 6.59. The molecule has 2 aliphatic heterocycles. The molecule has 1 aromatic rings. The molecule has 2 N–H and O–H groups in total. The Bertz CT molecular complexity index is 766. The normalized spacial score (nSPS) is 31.0. The molecule has 2 heterocycles. The first-order valence-corrected chi connectivity index (χ1v) is 9.54. The van der Waals surface area contributed by atoms with Gasteiger partial charge in [0.15, 0.2) is 0 Å². The second-order valence-electron chi connectivity index (χ2n) is 7.47. The first-order valence-electron chi connectivity index (χ1n) is 8.78. The predicted molar refractivity (Wildman–Crippen MR) is 96.3 cm³/mol. The molecule has 4 rings (SSSR count). The molecule has 2 saturated heterocycles. The number of hydrogen-bond acceptors (Lipinski definition) is 4. The van der Waals surface area contributed by atoms with Gasteiger partial charge in [-0.2, -0.15) is 0 Å². The number of fused-ring (bicyclic) bond motifs is 1. The highest BCUT2D eigenvalue weighted by molar-refractivity contribution is 6.42. The van der Waals surface area contributed by atoms with E-state index in [2.05, 4.69) is 0 Å². The summed E-state index contributed by atoms with van der Waals surface area (Å²) in [7, 11) is 0. The third kappa shape index (κ3) is 2.94. The van der Waals surface area contributed by atoms with Crippen molar-refractivity contribution in [1.29, 1.82) is 0 Å². The van der Waals surface area contributed by atoms with Crippen LogP contribution in [0.2, 0.25) is 10.0 Å². The number of amides is 2. The minimum absolute atomic E-state index is 0.0459. The molecule has 140 valence electrons. The van der Waals surface area contributed by atoms with Crippen molar-refractivity contribution in [2.75, 3.05) is 19.6 Å². The molecule has 2 amide bonds. The van der Waals surface area contributed by atoms with Crippen LogP contribution in [0.25, 0.3) is 0 Å². The lowest BCUT2D eigenvalue weighted by Crippen LogP contribution is -2.57. The van der Waals surface area contributed by atoms with Gasteiger partial charge < -0.3 is 20.0 Å². The zero-order valence-electron chi connectivity index (χ0n) is 14.1. The van der Waals surface area contributed by atoms with Crippen molar-refractivity contribution in [1.82, 2.24) is 9.80 Å². The van der Waals surface area contributed by atoms with Gasteiger partial charge in [-0.15, -0.1) is 0 Å². The SMILES string of the molecule is O=C1CN(C(=O)[C@H]2C[C@H](O)C2)C[C@@H]2C[C@H](c3c(O)ccc(Cl)c3Cl)CN12. The standard InChI is InChI=1S/C18H20Cl2N2O4/c19-13-1-2-14(24)16(17(13)20)10-3-11-7-21(8-15(25)22(11)6-10)18(26)9-4-12(23)5-9/h1-2,9-12,23-24H,3-8H2/t9-,10-,11-,12-/m0/s1. The molecule has 0 unspecified atom stereocenters. The van der Waals surface area contributed by atoms with Gasteiger partial charge in [-0.25, -0.2) is 0 Å². The van der Waals surface area contributed by atoms with Crippen LogP contribution in [0.4, 0.5) is 0 Å².